The number of carbonyl (C=O) groups excluding carboxylic acids is 1. The summed E-state index contributed by atoms with van der Waals surface area (Å²) in [7, 11) is 2.19. The summed E-state index contributed by atoms with van der Waals surface area (Å²) >= 11 is 1.75. The molecule has 2 aliphatic rings. The number of amides is 1. The van der Waals surface area contributed by atoms with Gasteiger partial charge in [-0.25, -0.2) is 0 Å². The van der Waals surface area contributed by atoms with Crippen LogP contribution in [-0.2, 0) is 12.8 Å². The van der Waals surface area contributed by atoms with Crippen molar-refractivity contribution in [2.75, 3.05) is 45.2 Å². The van der Waals surface area contributed by atoms with Crippen LogP contribution >= 0.6 is 11.3 Å². The molecular weight excluding hydrogens is 446 g/mol. The second-order valence-corrected chi connectivity index (χ2v) is 10.2. The zero-order valence-electron chi connectivity index (χ0n) is 20.0. The lowest BCUT2D eigenvalue weighted by atomic mass is 9.88. The molecule has 0 saturated carbocycles. The van der Waals surface area contributed by atoms with E-state index in [0.717, 1.165) is 49.8 Å². The maximum atomic E-state index is 13.0. The maximum Gasteiger partial charge on any atom is 0.291 e. The van der Waals surface area contributed by atoms with Crippen LogP contribution in [0, 0.1) is 0 Å². The number of ether oxygens (including phenoxy) is 1. The average molecular weight is 480 g/mol. The highest BCUT2D eigenvalue weighted by atomic mass is 32.1. The molecule has 6 nitrogen and oxygen atoms in total. The molecule has 0 unspecified atom stereocenters. The van der Waals surface area contributed by atoms with Crippen LogP contribution < -0.4 is 10.1 Å². The number of hydrogen-bond acceptors (Lipinski definition) is 6. The van der Waals surface area contributed by atoms with E-state index < -0.39 is 0 Å². The molecule has 34 heavy (non-hydrogen) atoms. The number of rotatable bonds is 7. The van der Waals surface area contributed by atoms with Crippen LogP contribution in [0.25, 0.3) is 0 Å². The van der Waals surface area contributed by atoms with Crippen molar-refractivity contribution >= 4 is 22.2 Å². The third kappa shape index (κ3) is 4.78. The molecule has 1 aromatic carbocycles. The van der Waals surface area contributed by atoms with Gasteiger partial charge >= 0.3 is 0 Å². The Labute approximate surface area is 205 Å². The Morgan fingerprint density at radius 2 is 1.88 bits per heavy atom. The minimum absolute atomic E-state index is 0.0920. The quantitative estimate of drug-likeness (QED) is 0.504. The molecule has 3 aromatic rings. The summed E-state index contributed by atoms with van der Waals surface area (Å²) in [6.45, 7) is 6.71. The van der Waals surface area contributed by atoms with Crippen molar-refractivity contribution < 1.29 is 13.9 Å². The van der Waals surface area contributed by atoms with Crippen molar-refractivity contribution in [1.82, 2.24) is 9.80 Å². The molecule has 5 rings (SSSR count). The van der Waals surface area contributed by atoms with Gasteiger partial charge in [-0.2, -0.15) is 0 Å². The molecule has 1 atom stereocenters. The van der Waals surface area contributed by atoms with Crippen molar-refractivity contribution in [1.29, 1.82) is 0 Å². The standard InChI is InChI=1S/C27H33N3O3S/c1-3-32-20-12-10-19(11-13-20)25(30-16-14-29(2)15-17-30)24-21-7-4-5-9-23(21)34-27(24)28-26(31)22-8-6-18-33-22/h6,8,10-13,18,25H,3-5,7,9,14-17H2,1-2H3,(H,28,31)/t25-/m0/s1. The molecule has 1 aliphatic heterocycles. The molecule has 7 heteroatoms. The SMILES string of the molecule is CCOc1ccc([C@@H](c2c(NC(=O)c3ccco3)sc3c2CCCC3)N2CCN(C)CC2)cc1. The first-order valence-electron chi connectivity index (χ1n) is 12.3. The highest BCUT2D eigenvalue weighted by Crippen LogP contribution is 2.46. The molecule has 1 amide bonds. The van der Waals surface area contributed by atoms with E-state index in [1.807, 2.05) is 6.92 Å². The minimum Gasteiger partial charge on any atom is -0.494 e. The molecule has 1 aliphatic carbocycles. The second-order valence-electron chi connectivity index (χ2n) is 9.13. The highest BCUT2D eigenvalue weighted by Gasteiger charge is 2.33. The third-order valence-corrected chi connectivity index (χ3v) is 8.09. The molecule has 1 fully saturated rings. The molecule has 0 radical (unpaired) electrons. The predicted octanol–water partition coefficient (Wildman–Crippen LogP) is 5.21. The zero-order valence-corrected chi connectivity index (χ0v) is 20.8. The van der Waals surface area contributed by atoms with E-state index in [-0.39, 0.29) is 11.9 Å². The number of furan rings is 1. The van der Waals surface area contributed by atoms with E-state index in [1.165, 1.54) is 34.4 Å². The number of hydrogen-bond donors (Lipinski definition) is 1. The van der Waals surface area contributed by atoms with Gasteiger partial charge in [-0.1, -0.05) is 12.1 Å². The van der Waals surface area contributed by atoms with Crippen LogP contribution in [0.1, 0.15) is 57.9 Å². The van der Waals surface area contributed by atoms with E-state index in [0.29, 0.717) is 12.4 Å². The van der Waals surface area contributed by atoms with Gasteiger partial charge in [0.1, 0.15) is 10.8 Å². The Kier molecular flexibility index (Phi) is 7.04. The van der Waals surface area contributed by atoms with E-state index in [4.69, 9.17) is 9.15 Å². The first-order chi connectivity index (χ1) is 16.6. The summed E-state index contributed by atoms with van der Waals surface area (Å²) in [5, 5.41) is 4.19. The number of fused-ring (bicyclic) bond motifs is 1. The summed E-state index contributed by atoms with van der Waals surface area (Å²) in [5.74, 6) is 1.05. The lowest BCUT2D eigenvalue weighted by molar-refractivity contribution is 0.0996. The Balaban J connectivity index is 1.58. The normalized spacial score (nSPS) is 17.8. The van der Waals surface area contributed by atoms with Crippen LogP contribution in [0.15, 0.2) is 47.1 Å². The van der Waals surface area contributed by atoms with Gasteiger partial charge in [-0.05, 0) is 75.0 Å². The van der Waals surface area contributed by atoms with E-state index in [9.17, 15) is 4.79 Å². The smallest absolute Gasteiger partial charge is 0.291 e. The molecule has 1 saturated heterocycles. The Morgan fingerprint density at radius 1 is 1.12 bits per heavy atom. The topological polar surface area (TPSA) is 58.0 Å². The first kappa shape index (κ1) is 23.1. The van der Waals surface area contributed by atoms with Crippen molar-refractivity contribution in [2.24, 2.45) is 0 Å². The fourth-order valence-electron chi connectivity index (χ4n) is 5.10. The molecule has 2 aromatic heterocycles. The lowest BCUT2D eigenvalue weighted by Gasteiger charge is -2.39. The number of piperazine rings is 1. The Morgan fingerprint density at radius 3 is 2.59 bits per heavy atom. The fraction of sp³-hybridized carbons (Fsp3) is 0.444. The van der Waals surface area contributed by atoms with E-state index >= 15 is 0 Å². The van der Waals surface area contributed by atoms with Crippen LogP contribution in [0.3, 0.4) is 0 Å². The van der Waals surface area contributed by atoms with Gasteiger partial charge in [0, 0.05) is 36.6 Å². The van der Waals surface area contributed by atoms with E-state index in [1.54, 1.807) is 29.7 Å². The van der Waals surface area contributed by atoms with Crippen LogP contribution in [0.4, 0.5) is 5.00 Å². The summed E-state index contributed by atoms with van der Waals surface area (Å²) in [4.78, 5) is 19.4. The maximum absolute atomic E-state index is 13.0. The number of carbonyl (C=O) groups is 1. The van der Waals surface area contributed by atoms with Gasteiger partial charge in [-0.3, -0.25) is 9.69 Å². The van der Waals surface area contributed by atoms with Crippen LogP contribution in [-0.4, -0.2) is 55.5 Å². The largest absolute Gasteiger partial charge is 0.494 e. The summed E-state index contributed by atoms with van der Waals surface area (Å²) in [5.41, 5.74) is 3.95. The first-order valence-corrected chi connectivity index (χ1v) is 13.1. The monoisotopic (exact) mass is 479 g/mol. The number of thiophene rings is 1. The van der Waals surface area contributed by atoms with E-state index in [2.05, 4.69) is 46.4 Å². The van der Waals surface area contributed by atoms with Crippen molar-refractivity contribution in [3.8, 4) is 5.75 Å². The van der Waals surface area contributed by atoms with Crippen molar-refractivity contribution in [2.45, 2.75) is 38.6 Å². The molecule has 0 bridgehead atoms. The Bertz CT molecular complexity index is 1100. The number of nitrogens with one attached hydrogen (secondary N) is 1. The number of benzene rings is 1. The summed E-state index contributed by atoms with van der Waals surface area (Å²) in [6, 6.07) is 12.1. The summed E-state index contributed by atoms with van der Waals surface area (Å²) in [6.07, 6.45) is 6.10. The zero-order chi connectivity index (χ0) is 23.5. The minimum atomic E-state index is -0.186. The summed E-state index contributed by atoms with van der Waals surface area (Å²) < 4.78 is 11.1. The van der Waals surface area contributed by atoms with Gasteiger partial charge in [0.2, 0.25) is 0 Å². The average Bonchev–Trinajstić information content (AvgIpc) is 3.51. The van der Waals surface area contributed by atoms with Gasteiger partial charge in [0.15, 0.2) is 5.76 Å². The Hall–Kier alpha value is -2.61. The van der Waals surface area contributed by atoms with Crippen molar-refractivity contribution in [3.63, 3.8) is 0 Å². The lowest BCUT2D eigenvalue weighted by Crippen LogP contribution is -2.46. The third-order valence-electron chi connectivity index (χ3n) is 6.87. The van der Waals surface area contributed by atoms with Crippen molar-refractivity contribution in [3.05, 3.63) is 70.0 Å². The molecule has 1 N–H and O–H groups in total. The fourth-order valence-corrected chi connectivity index (χ4v) is 6.41. The number of nitrogens with zero attached hydrogens (tertiary/aromatic N) is 2. The van der Waals surface area contributed by atoms with Crippen LogP contribution in [0.5, 0.6) is 5.75 Å². The number of aryl methyl sites for hydroxylation is 1. The number of anilines is 1. The second kappa shape index (κ2) is 10.3. The van der Waals surface area contributed by atoms with Gasteiger partial charge < -0.3 is 19.4 Å². The predicted molar refractivity (Wildman–Crippen MR) is 136 cm³/mol. The molecule has 3 heterocycles. The highest BCUT2D eigenvalue weighted by molar-refractivity contribution is 7.16. The van der Waals surface area contributed by atoms with Crippen LogP contribution in [0.2, 0.25) is 0 Å². The van der Waals surface area contributed by atoms with Gasteiger partial charge in [0.05, 0.1) is 18.9 Å². The number of likely N-dealkylation sites (N-methyl/N-ethyl adjacent to an activating group) is 1. The molecule has 180 valence electrons. The molecular formula is C27H33N3O3S. The van der Waals surface area contributed by atoms with Gasteiger partial charge in [0.25, 0.3) is 5.91 Å². The van der Waals surface area contributed by atoms with Gasteiger partial charge in [-0.15, -0.1) is 11.3 Å². The molecule has 0 spiro atoms.